The Morgan fingerprint density at radius 2 is 2.11 bits per heavy atom. The number of rotatable bonds is 12. The van der Waals surface area contributed by atoms with Gasteiger partial charge in [-0.1, -0.05) is 42.6 Å². The molecule has 1 atom stereocenters. The summed E-state index contributed by atoms with van der Waals surface area (Å²) in [5.41, 5.74) is 0.285. The molecule has 0 bridgehead atoms. The van der Waals surface area contributed by atoms with Crippen molar-refractivity contribution in [1.29, 1.82) is 0 Å². The molecule has 0 spiro atoms. The molecule has 0 saturated heterocycles. The van der Waals surface area contributed by atoms with Gasteiger partial charge in [0.1, 0.15) is 0 Å². The van der Waals surface area contributed by atoms with Gasteiger partial charge in [-0.3, -0.25) is 4.84 Å². The highest BCUT2D eigenvalue weighted by Crippen LogP contribution is 2.36. The number of benzene rings is 1. The zero-order valence-electron chi connectivity index (χ0n) is 14.8. The lowest BCUT2D eigenvalue weighted by atomic mass is 10.1. The molecule has 1 heterocycles. The van der Waals surface area contributed by atoms with Crippen molar-refractivity contribution in [1.82, 2.24) is 9.55 Å². The van der Waals surface area contributed by atoms with Crippen LogP contribution < -0.4 is 0 Å². The first-order valence-corrected chi connectivity index (χ1v) is 9.19. The van der Waals surface area contributed by atoms with Crippen LogP contribution in [0, 0.1) is 10.1 Å². The van der Waals surface area contributed by atoms with E-state index < -0.39 is 10.9 Å². The number of imidazole rings is 1. The Bertz CT molecular complexity index is 729. The molecule has 2 aromatic rings. The summed E-state index contributed by atoms with van der Waals surface area (Å²) in [6.07, 6.45) is 6.63. The van der Waals surface area contributed by atoms with Gasteiger partial charge in [0.2, 0.25) is 0 Å². The lowest BCUT2D eigenvalue weighted by Crippen LogP contribution is -2.40. The number of nitrogens with zero attached hydrogens (tertiary/aromatic N) is 3. The van der Waals surface area contributed by atoms with Crippen LogP contribution in [0.25, 0.3) is 0 Å². The Hall–Kier alpha value is -1.87. The summed E-state index contributed by atoms with van der Waals surface area (Å²) < 4.78 is 12.9. The maximum absolute atomic E-state index is 11.2. The average molecular weight is 418 g/mol. The molecule has 0 N–H and O–H groups in total. The third-order valence-corrected chi connectivity index (χ3v) is 4.27. The third kappa shape index (κ3) is 6.35. The van der Waals surface area contributed by atoms with Gasteiger partial charge in [0.05, 0.1) is 31.1 Å². The molecule has 8 nitrogen and oxygen atoms in total. The Balaban J connectivity index is 2.29. The molecule has 0 radical (unpaired) electrons. The SMILES string of the molecule is CCCCOCCOC(Cn1ccnc1)(O[N+](=O)[O-])c1ccc(Cl)cc1Cl. The number of ether oxygens (including phenoxy) is 2. The highest BCUT2D eigenvalue weighted by Gasteiger charge is 2.40. The van der Waals surface area contributed by atoms with Gasteiger partial charge in [-0.05, 0) is 18.6 Å². The van der Waals surface area contributed by atoms with Crippen LogP contribution in [0.15, 0.2) is 36.9 Å². The van der Waals surface area contributed by atoms with Gasteiger partial charge in [0.25, 0.3) is 10.9 Å². The van der Waals surface area contributed by atoms with E-state index >= 15 is 0 Å². The summed E-state index contributed by atoms with van der Waals surface area (Å²) in [5.74, 6) is -1.78. The molecule has 1 unspecified atom stereocenters. The summed E-state index contributed by atoms with van der Waals surface area (Å²) in [6.45, 7) is 2.95. The summed E-state index contributed by atoms with van der Waals surface area (Å²) in [7, 11) is 0. The lowest BCUT2D eigenvalue weighted by Gasteiger charge is -2.32. The van der Waals surface area contributed by atoms with Crippen LogP contribution in [0.1, 0.15) is 25.3 Å². The highest BCUT2D eigenvalue weighted by atomic mass is 35.5. The van der Waals surface area contributed by atoms with E-state index in [0.717, 1.165) is 12.8 Å². The van der Waals surface area contributed by atoms with Crippen LogP contribution in [-0.4, -0.2) is 34.5 Å². The van der Waals surface area contributed by atoms with E-state index in [-0.39, 0.29) is 30.3 Å². The van der Waals surface area contributed by atoms with Gasteiger partial charge in [-0.15, -0.1) is 10.1 Å². The first-order valence-electron chi connectivity index (χ1n) is 8.43. The normalized spacial score (nSPS) is 13.3. The number of hydrogen-bond acceptors (Lipinski definition) is 6. The smallest absolute Gasteiger partial charge is 0.297 e. The van der Waals surface area contributed by atoms with Gasteiger partial charge in [-0.25, -0.2) is 4.98 Å². The number of hydrogen-bond donors (Lipinski definition) is 0. The van der Waals surface area contributed by atoms with E-state index in [9.17, 15) is 10.1 Å². The molecular formula is C17H21Cl2N3O5. The van der Waals surface area contributed by atoms with Gasteiger partial charge in [0, 0.05) is 29.6 Å². The van der Waals surface area contributed by atoms with Crippen molar-refractivity contribution in [2.45, 2.75) is 32.1 Å². The van der Waals surface area contributed by atoms with Gasteiger partial charge >= 0.3 is 0 Å². The molecule has 0 saturated carbocycles. The largest absolute Gasteiger partial charge is 0.379 e. The first-order chi connectivity index (χ1) is 13.0. The summed E-state index contributed by atoms with van der Waals surface area (Å²) in [6, 6.07) is 4.59. The Kier molecular flexibility index (Phi) is 8.30. The Morgan fingerprint density at radius 3 is 2.74 bits per heavy atom. The molecule has 0 aliphatic carbocycles. The van der Waals surface area contributed by atoms with E-state index in [0.29, 0.717) is 11.6 Å². The predicted molar refractivity (Wildman–Crippen MR) is 100 cm³/mol. The molecule has 0 aliphatic heterocycles. The maximum Gasteiger partial charge on any atom is 0.297 e. The maximum atomic E-state index is 11.2. The van der Waals surface area contributed by atoms with Crippen LogP contribution in [0.4, 0.5) is 0 Å². The van der Waals surface area contributed by atoms with Crippen molar-refractivity contribution >= 4 is 23.2 Å². The summed E-state index contributed by atoms with van der Waals surface area (Å²) in [4.78, 5) is 20.2. The minimum absolute atomic E-state index is 0.0374. The lowest BCUT2D eigenvalue weighted by molar-refractivity contribution is -0.802. The first kappa shape index (κ1) is 21.4. The van der Waals surface area contributed by atoms with Crippen molar-refractivity contribution in [2.75, 3.05) is 19.8 Å². The average Bonchev–Trinajstić information content (AvgIpc) is 3.10. The van der Waals surface area contributed by atoms with E-state index in [2.05, 4.69) is 11.9 Å². The van der Waals surface area contributed by atoms with Crippen molar-refractivity contribution < 1.29 is 19.4 Å². The van der Waals surface area contributed by atoms with Gasteiger partial charge < -0.3 is 14.0 Å². The Labute approximate surface area is 167 Å². The predicted octanol–water partition coefficient (Wildman–Crippen LogP) is 4.08. The molecule has 27 heavy (non-hydrogen) atoms. The number of aromatic nitrogens is 2. The molecule has 1 aromatic carbocycles. The molecule has 0 aliphatic rings. The fourth-order valence-electron chi connectivity index (χ4n) is 2.47. The van der Waals surface area contributed by atoms with Crippen molar-refractivity contribution in [3.05, 3.63) is 62.6 Å². The van der Waals surface area contributed by atoms with Crippen molar-refractivity contribution in [3.8, 4) is 0 Å². The van der Waals surface area contributed by atoms with Crippen molar-refractivity contribution in [2.24, 2.45) is 0 Å². The zero-order chi connectivity index (χ0) is 19.7. The fourth-order valence-corrected chi connectivity index (χ4v) is 3.02. The molecule has 2 rings (SSSR count). The second-order valence-electron chi connectivity index (χ2n) is 5.74. The number of unbranched alkanes of at least 4 members (excludes halogenated alkanes) is 1. The van der Waals surface area contributed by atoms with Crippen LogP contribution in [0.2, 0.25) is 10.0 Å². The molecule has 0 amide bonds. The van der Waals surface area contributed by atoms with E-state index in [1.165, 1.54) is 12.4 Å². The van der Waals surface area contributed by atoms with Crippen molar-refractivity contribution in [3.63, 3.8) is 0 Å². The monoisotopic (exact) mass is 417 g/mol. The van der Waals surface area contributed by atoms with Crippen LogP contribution in [0.3, 0.4) is 0 Å². The highest BCUT2D eigenvalue weighted by molar-refractivity contribution is 6.35. The second kappa shape index (κ2) is 10.5. The van der Waals surface area contributed by atoms with E-state index in [1.807, 2.05) is 0 Å². The molecule has 10 heteroatoms. The number of halogens is 2. The van der Waals surface area contributed by atoms with Crippen LogP contribution in [0.5, 0.6) is 0 Å². The minimum Gasteiger partial charge on any atom is -0.379 e. The quantitative estimate of drug-likeness (QED) is 0.223. The van der Waals surface area contributed by atoms with Gasteiger partial charge in [-0.2, -0.15) is 0 Å². The van der Waals surface area contributed by atoms with Crippen LogP contribution in [-0.2, 0) is 26.6 Å². The molecule has 148 valence electrons. The minimum atomic E-state index is -1.78. The molecule has 1 aromatic heterocycles. The molecular weight excluding hydrogens is 397 g/mol. The zero-order valence-corrected chi connectivity index (χ0v) is 16.4. The van der Waals surface area contributed by atoms with E-state index in [1.54, 1.807) is 29.1 Å². The third-order valence-electron chi connectivity index (χ3n) is 3.72. The second-order valence-corrected chi connectivity index (χ2v) is 6.59. The Morgan fingerprint density at radius 1 is 1.30 bits per heavy atom. The summed E-state index contributed by atoms with van der Waals surface area (Å²) >= 11 is 12.3. The fraction of sp³-hybridized carbons (Fsp3) is 0.471. The summed E-state index contributed by atoms with van der Waals surface area (Å²) in [5, 5.41) is 10.9. The van der Waals surface area contributed by atoms with Gasteiger partial charge in [0.15, 0.2) is 0 Å². The topological polar surface area (TPSA) is 88.7 Å². The molecule has 0 fully saturated rings. The standard InChI is InChI=1S/C17H21Cl2N3O5/c1-2-3-8-25-9-10-26-17(27-22(23)24,12-21-7-6-20-13-21)15-5-4-14(18)11-16(15)19/h4-7,11,13H,2-3,8-10,12H2,1H3. The van der Waals surface area contributed by atoms with E-state index in [4.69, 9.17) is 37.5 Å². The van der Waals surface area contributed by atoms with Crippen LogP contribution >= 0.6 is 23.2 Å².